The quantitative estimate of drug-likeness (QED) is 0.385. The Balaban J connectivity index is 2.04. The fourth-order valence-corrected chi connectivity index (χ4v) is 2.58. The van der Waals surface area contributed by atoms with E-state index in [1.807, 2.05) is 20.8 Å². The maximum atomic E-state index is 13.6. The predicted molar refractivity (Wildman–Crippen MR) is 88.7 cm³/mol. The van der Waals surface area contributed by atoms with Gasteiger partial charge >= 0.3 is 0 Å². The summed E-state index contributed by atoms with van der Waals surface area (Å²) in [5, 5.41) is 13.5. The van der Waals surface area contributed by atoms with Crippen molar-refractivity contribution in [2.45, 2.75) is 25.9 Å². The molecule has 0 saturated carbocycles. The molecule has 0 atom stereocenters. The van der Waals surface area contributed by atoms with E-state index in [1.165, 1.54) is 0 Å². The lowest BCUT2D eigenvalue weighted by atomic mass is 10.2. The summed E-state index contributed by atoms with van der Waals surface area (Å²) in [5.41, 5.74) is 2.12. The molecule has 1 aromatic heterocycles. The number of carbonyl (C=O) groups excluding carboxylic acids is 1. The Kier molecular flexibility index (Phi) is 5.45. The van der Waals surface area contributed by atoms with Crippen molar-refractivity contribution in [3.8, 4) is 0 Å². The number of aryl methyl sites for hydroxylation is 2. The summed E-state index contributed by atoms with van der Waals surface area (Å²) < 4.78 is 13.6. The Labute approximate surface area is 141 Å². The molecule has 2 aromatic rings. The molecule has 1 amide bonds. The largest absolute Gasteiger partial charge is 0.323 e. The Morgan fingerprint density at radius 3 is 2.50 bits per heavy atom. The smallest absolute Gasteiger partial charge is 0.271 e. The number of nitrogens with one attached hydrogen (secondary N) is 1. The van der Waals surface area contributed by atoms with E-state index in [4.69, 9.17) is 0 Å². The summed E-state index contributed by atoms with van der Waals surface area (Å²) in [7, 11) is 0. The standard InChI is InChI=1S/C15H15FN4O3S/c1-8-9(2)17-15(18-10(8)3)24-7-14(21)19-13-6-11(20(22)23)4-5-12(13)16/h4-6H,7H2,1-3H3,(H,19,21). The Bertz CT molecular complexity index is 790. The zero-order valence-electron chi connectivity index (χ0n) is 13.3. The summed E-state index contributed by atoms with van der Waals surface area (Å²) in [6, 6.07) is 2.96. The molecule has 0 saturated heterocycles. The number of nitrogens with zero attached hydrogens (tertiary/aromatic N) is 3. The second-order valence-electron chi connectivity index (χ2n) is 5.06. The summed E-state index contributed by atoms with van der Waals surface area (Å²) in [4.78, 5) is 30.5. The third-order valence-electron chi connectivity index (χ3n) is 3.38. The number of rotatable bonds is 5. The van der Waals surface area contributed by atoms with Crippen LogP contribution in [-0.4, -0.2) is 26.6 Å². The van der Waals surface area contributed by atoms with Gasteiger partial charge in [0.05, 0.1) is 16.4 Å². The molecule has 0 aliphatic heterocycles. The van der Waals surface area contributed by atoms with Crippen molar-refractivity contribution >= 4 is 29.0 Å². The summed E-state index contributed by atoms with van der Waals surface area (Å²) in [5.74, 6) is -1.28. The molecule has 1 N–H and O–H groups in total. The van der Waals surface area contributed by atoms with Gasteiger partial charge < -0.3 is 5.32 Å². The van der Waals surface area contributed by atoms with Gasteiger partial charge in [-0.25, -0.2) is 14.4 Å². The van der Waals surface area contributed by atoms with E-state index >= 15 is 0 Å². The normalized spacial score (nSPS) is 10.5. The van der Waals surface area contributed by atoms with E-state index in [-0.39, 0.29) is 17.1 Å². The van der Waals surface area contributed by atoms with Gasteiger partial charge in [0.25, 0.3) is 5.69 Å². The van der Waals surface area contributed by atoms with Gasteiger partial charge in [-0.15, -0.1) is 0 Å². The minimum atomic E-state index is -0.739. The molecule has 0 spiro atoms. The van der Waals surface area contributed by atoms with E-state index in [9.17, 15) is 19.3 Å². The maximum Gasteiger partial charge on any atom is 0.271 e. The molecule has 0 aliphatic rings. The number of halogens is 1. The van der Waals surface area contributed by atoms with Crippen molar-refractivity contribution in [2.75, 3.05) is 11.1 Å². The van der Waals surface area contributed by atoms with Crippen LogP contribution in [0, 0.1) is 36.7 Å². The average Bonchev–Trinajstić information content (AvgIpc) is 2.52. The monoisotopic (exact) mass is 350 g/mol. The van der Waals surface area contributed by atoms with Crippen LogP contribution in [-0.2, 0) is 4.79 Å². The highest BCUT2D eigenvalue weighted by Crippen LogP contribution is 2.22. The van der Waals surface area contributed by atoms with Crippen LogP contribution in [0.25, 0.3) is 0 Å². The van der Waals surface area contributed by atoms with E-state index < -0.39 is 16.6 Å². The van der Waals surface area contributed by atoms with Crippen molar-refractivity contribution in [3.63, 3.8) is 0 Å². The molecule has 0 bridgehead atoms. The molecular formula is C15H15FN4O3S. The molecule has 24 heavy (non-hydrogen) atoms. The first-order valence-corrected chi connectivity index (χ1v) is 7.95. The predicted octanol–water partition coefficient (Wildman–Crippen LogP) is 3.18. The number of aromatic nitrogens is 2. The first-order valence-electron chi connectivity index (χ1n) is 6.96. The molecule has 1 heterocycles. The fraction of sp³-hybridized carbons (Fsp3) is 0.267. The van der Waals surface area contributed by atoms with E-state index in [0.29, 0.717) is 5.16 Å². The summed E-state index contributed by atoms with van der Waals surface area (Å²) in [6.45, 7) is 5.62. The number of amides is 1. The van der Waals surface area contributed by atoms with Crippen LogP contribution >= 0.6 is 11.8 Å². The van der Waals surface area contributed by atoms with Gasteiger partial charge in [-0.1, -0.05) is 11.8 Å². The number of carbonyl (C=O) groups is 1. The van der Waals surface area contributed by atoms with Gasteiger partial charge in [0.2, 0.25) is 5.91 Å². The Morgan fingerprint density at radius 2 is 1.92 bits per heavy atom. The van der Waals surface area contributed by atoms with Gasteiger partial charge in [0.15, 0.2) is 5.16 Å². The first-order chi connectivity index (χ1) is 11.3. The number of hydrogen-bond donors (Lipinski definition) is 1. The Morgan fingerprint density at radius 1 is 1.29 bits per heavy atom. The fourth-order valence-electron chi connectivity index (χ4n) is 1.84. The van der Waals surface area contributed by atoms with Gasteiger partial charge in [-0.3, -0.25) is 14.9 Å². The third-order valence-corrected chi connectivity index (χ3v) is 4.23. The highest BCUT2D eigenvalue weighted by atomic mass is 32.2. The minimum Gasteiger partial charge on any atom is -0.323 e. The van der Waals surface area contributed by atoms with Crippen LogP contribution in [0.1, 0.15) is 17.0 Å². The highest BCUT2D eigenvalue weighted by Gasteiger charge is 2.14. The van der Waals surface area contributed by atoms with Crippen LogP contribution in [0.15, 0.2) is 23.4 Å². The van der Waals surface area contributed by atoms with Crippen LogP contribution in [0.2, 0.25) is 0 Å². The lowest BCUT2D eigenvalue weighted by Crippen LogP contribution is -2.15. The van der Waals surface area contributed by atoms with E-state index in [0.717, 1.165) is 46.9 Å². The number of benzene rings is 1. The molecule has 9 heteroatoms. The number of hydrogen-bond acceptors (Lipinski definition) is 6. The number of non-ortho nitro benzene ring substituents is 1. The van der Waals surface area contributed by atoms with Crippen LogP contribution in [0.3, 0.4) is 0 Å². The number of anilines is 1. The number of nitro groups is 1. The zero-order chi connectivity index (χ0) is 17.9. The first kappa shape index (κ1) is 17.8. The maximum absolute atomic E-state index is 13.6. The van der Waals surface area contributed by atoms with Crippen LogP contribution in [0.5, 0.6) is 0 Å². The molecular weight excluding hydrogens is 335 g/mol. The summed E-state index contributed by atoms with van der Waals surface area (Å²) >= 11 is 1.11. The molecule has 2 rings (SSSR count). The number of nitro benzene ring substituents is 1. The van der Waals surface area contributed by atoms with E-state index in [2.05, 4.69) is 15.3 Å². The molecule has 0 radical (unpaired) electrons. The van der Waals surface area contributed by atoms with Crippen molar-refractivity contribution in [1.29, 1.82) is 0 Å². The van der Waals surface area contributed by atoms with Crippen LogP contribution in [0.4, 0.5) is 15.8 Å². The average molecular weight is 350 g/mol. The van der Waals surface area contributed by atoms with Gasteiger partial charge in [-0.2, -0.15) is 0 Å². The summed E-state index contributed by atoms with van der Waals surface area (Å²) in [6.07, 6.45) is 0. The number of thioether (sulfide) groups is 1. The lowest BCUT2D eigenvalue weighted by molar-refractivity contribution is -0.384. The van der Waals surface area contributed by atoms with Crippen molar-refractivity contribution < 1.29 is 14.1 Å². The second-order valence-corrected chi connectivity index (χ2v) is 6.00. The molecule has 1 aromatic carbocycles. The van der Waals surface area contributed by atoms with Crippen LogP contribution < -0.4 is 5.32 Å². The van der Waals surface area contributed by atoms with Crippen molar-refractivity contribution in [2.24, 2.45) is 0 Å². The Hall–Kier alpha value is -2.55. The third kappa shape index (κ3) is 4.25. The van der Waals surface area contributed by atoms with Gasteiger partial charge in [0, 0.05) is 23.5 Å². The van der Waals surface area contributed by atoms with Gasteiger partial charge in [0.1, 0.15) is 5.82 Å². The molecule has 0 aliphatic carbocycles. The van der Waals surface area contributed by atoms with Crippen molar-refractivity contribution in [1.82, 2.24) is 9.97 Å². The molecule has 7 nitrogen and oxygen atoms in total. The zero-order valence-corrected chi connectivity index (χ0v) is 14.1. The lowest BCUT2D eigenvalue weighted by Gasteiger charge is -2.08. The minimum absolute atomic E-state index is 0.0376. The second kappa shape index (κ2) is 7.35. The molecule has 0 fully saturated rings. The van der Waals surface area contributed by atoms with E-state index in [1.54, 1.807) is 0 Å². The molecule has 0 unspecified atom stereocenters. The van der Waals surface area contributed by atoms with Crippen molar-refractivity contribution in [3.05, 3.63) is 51.1 Å². The SMILES string of the molecule is Cc1nc(SCC(=O)Nc2cc([N+](=O)[O-])ccc2F)nc(C)c1C. The van der Waals surface area contributed by atoms with Gasteiger partial charge in [-0.05, 0) is 32.4 Å². The molecule has 126 valence electrons. The highest BCUT2D eigenvalue weighted by molar-refractivity contribution is 7.99. The topological polar surface area (TPSA) is 98.0 Å².